The van der Waals surface area contributed by atoms with Gasteiger partial charge in [-0.2, -0.15) is 5.10 Å². The fourth-order valence-electron chi connectivity index (χ4n) is 2.13. The van der Waals surface area contributed by atoms with Crippen molar-refractivity contribution >= 4 is 11.5 Å². The van der Waals surface area contributed by atoms with Crippen LogP contribution in [0.1, 0.15) is 12.8 Å². The molecule has 0 amide bonds. The number of fused-ring (bicyclic) bond motifs is 1. The SMILES string of the molecule is c1cc2nc(NCC3CCCOC3)ccn2n1. The molecule has 0 saturated carbocycles. The number of rotatable bonds is 3. The lowest BCUT2D eigenvalue weighted by atomic mass is 10.0. The molecule has 3 heterocycles. The van der Waals surface area contributed by atoms with E-state index in [9.17, 15) is 0 Å². The van der Waals surface area contributed by atoms with Crippen molar-refractivity contribution in [2.24, 2.45) is 5.92 Å². The van der Waals surface area contributed by atoms with E-state index in [0.29, 0.717) is 5.92 Å². The molecule has 0 aliphatic carbocycles. The van der Waals surface area contributed by atoms with Crippen molar-refractivity contribution in [2.45, 2.75) is 12.8 Å². The average molecular weight is 232 g/mol. The lowest BCUT2D eigenvalue weighted by molar-refractivity contribution is 0.0595. The van der Waals surface area contributed by atoms with Gasteiger partial charge in [-0.05, 0) is 24.8 Å². The molecule has 1 aliphatic rings. The summed E-state index contributed by atoms with van der Waals surface area (Å²) in [5, 5.41) is 7.48. The normalized spacial score (nSPS) is 20.6. The summed E-state index contributed by atoms with van der Waals surface area (Å²) in [4.78, 5) is 4.47. The second-order valence-corrected chi connectivity index (χ2v) is 4.41. The first kappa shape index (κ1) is 10.5. The van der Waals surface area contributed by atoms with E-state index in [0.717, 1.165) is 31.2 Å². The van der Waals surface area contributed by atoms with Gasteiger partial charge in [0.05, 0.1) is 12.8 Å². The molecule has 2 aromatic rings. The predicted octanol–water partition coefficient (Wildman–Crippen LogP) is 1.57. The summed E-state index contributed by atoms with van der Waals surface area (Å²) in [7, 11) is 0. The molecule has 0 radical (unpaired) electrons. The summed E-state index contributed by atoms with van der Waals surface area (Å²) >= 11 is 0. The Bertz CT molecular complexity index is 490. The maximum Gasteiger partial charge on any atom is 0.157 e. The topological polar surface area (TPSA) is 51.5 Å². The van der Waals surface area contributed by atoms with Gasteiger partial charge in [0.1, 0.15) is 5.82 Å². The highest BCUT2D eigenvalue weighted by Gasteiger charge is 2.13. The lowest BCUT2D eigenvalue weighted by Crippen LogP contribution is -2.24. The number of ether oxygens (including phenoxy) is 1. The Hall–Kier alpha value is -1.62. The second-order valence-electron chi connectivity index (χ2n) is 4.41. The molecule has 1 N–H and O–H groups in total. The van der Waals surface area contributed by atoms with Crippen molar-refractivity contribution in [3.8, 4) is 0 Å². The van der Waals surface area contributed by atoms with E-state index in [-0.39, 0.29) is 0 Å². The summed E-state index contributed by atoms with van der Waals surface area (Å²) < 4.78 is 7.21. The van der Waals surface area contributed by atoms with Gasteiger partial charge in [0.2, 0.25) is 0 Å². The largest absolute Gasteiger partial charge is 0.381 e. The molecule has 3 rings (SSSR count). The van der Waals surface area contributed by atoms with Crippen LogP contribution in [0.5, 0.6) is 0 Å². The summed E-state index contributed by atoms with van der Waals surface area (Å²) in [6.45, 7) is 2.70. The molecule has 5 nitrogen and oxygen atoms in total. The molecule has 2 aromatic heterocycles. The minimum absolute atomic E-state index is 0.603. The van der Waals surface area contributed by atoms with E-state index in [1.807, 2.05) is 18.3 Å². The number of hydrogen-bond donors (Lipinski definition) is 1. The molecule has 1 aliphatic heterocycles. The maximum atomic E-state index is 5.45. The fourth-order valence-corrected chi connectivity index (χ4v) is 2.13. The van der Waals surface area contributed by atoms with Crippen molar-refractivity contribution in [2.75, 3.05) is 25.1 Å². The van der Waals surface area contributed by atoms with E-state index >= 15 is 0 Å². The Labute approximate surface area is 99.8 Å². The summed E-state index contributed by atoms with van der Waals surface area (Å²) in [6.07, 6.45) is 6.08. The van der Waals surface area contributed by atoms with Gasteiger partial charge in [0.25, 0.3) is 0 Å². The Kier molecular flexibility index (Phi) is 2.92. The number of hydrogen-bond acceptors (Lipinski definition) is 4. The van der Waals surface area contributed by atoms with E-state index in [4.69, 9.17) is 4.74 Å². The summed E-state index contributed by atoms with van der Waals surface area (Å²) in [6, 6.07) is 3.85. The van der Waals surface area contributed by atoms with Gasteiger partial charge < -0.3 is 10.1 Å². The third-order valence-electron chi connectivity index (χ3n) is 3.08. The van der Waals surface area contributed by atoms with Gasteiger partial charge in [-0.15, -0.1) is 0 Å². The zero-order valence-electron chi connectivity index (χ0n) is 9.67. The van der Waals surface area contributed by atoms with Crippen molar-refractivity contribution < 1.29 is 4.74 Å². The van der Waals surface area contributed by atoms with Gasteiger partial charge in [-0.1, -0.05) is 0 Å². The van der Waals surface area contributed by atoms with E-state index in [1.54, 1.807) is 10.7 Å². The maximum absolute atomic E-state index is 5.45. The van der Waals surface area contributed by atoms with E-state index < -0.39 is 0 Å². The van der Waals surface area contributed by atoms with Gasteiger partial charge >= 0.3 is 0 Å². The van der Waals surface area contributed by atoms with Crippen LogP contribution in [0.15, 0.2) is 24.5 Å². The van der Waals surface area contributed by atoms with E-state index in [2.05, 4.69) is 15.4 Å². The van der Waals surface area contributed by atoms with Crippen LogP contribution in [0.25, 0.3) is 5.65 Å². The standard InChI is InChI=1S/C12H16N4O/c1-2-10(9-17-7-1)8-13-11-4-6-16-12(15-11)3-5-14-16/h3-6,10H,1-2,7-9H2,(H,13,15). The predicted molar refractivity (Wildman–Crippen MR) is 65.0 cm³/mol. The minimum Gasteiger partial charge on any atom is -0.381 e. The van der Waals surface area contributed by atoms with Gasteiger partial charge in [-0.3, -0.25) is 0 Å². The van der Waals surface area contributed by atoms with Crippen molar-refractivity contribution in [3.63, 3.8) is 0 Å². The Morgan fingerprint density at radius 3 is 3.35 bits per heavy atom. The molecule has 1 atom stereocenters. The quantitative estimate of drug-likeness (QED) is 0.872. The van der Waals surface area contributed by atoms with Crippen molar-refractivity contribution in [3.05, 3.63) is 24.5 Å². The van der Waals surface area contributed by atoms with Crippen LogP contribution >= 0.6 is 0 Å². The number of anilines is 1. The molecule has 0 spiro atoms. The van der Waals surface area contributed by atoms with Crippen LogP contribution in [0.2, 0.25) is 0 Å². The average Bonchev–Trinajstić information content (AvgIpc) is 2.85. The monoisotopic (exact) mass is 232 g/mol. The molecule has 1 saturated heterocycles. The van der Waals surface area contributed by atoms with Crippen molar-refractivity contribution in [1.29, 1.82) is 0 Å². The third-order valence-corrected chi connectivity index (χ3v) is 3.08. The minimum atomic E-state index is 0.603. The second kappa shape index (κ2) is 4.71. The Morgan fingerprint density at radius 1 is 1.47 bits per heavy atom. The Balaban J connectivity index is 1.63. The van der Waals surface area contributed by atoms with Gasteiger partial charge in [0, 0.05) is 25.4 Å². The first-order chi connectivity index (χ1) is 8.42. The van der Waals surface area contributed by atoms with Crippen LogP contribution in [-0.4, -0.2) is 34.4 Å². The van der Waals surface area contributed by atoms with Crippen LogP contribution in [-0.2, 0) is 4.74 Å². The first-order valence-corrected chi connectivity index (χ1v) is 6.04. The highest BCUT2D eigenvalue weighted by molar-refractivity contribution is 5.45. The lowest BCUT2D eigenvalue weighted by Gasteiger charge is -2.22. The summed E-state index contributed by atoms with van der Waals surface area (Å²) in [5.74, 6) is 1.51. The Morgan fingerprint density at radius 2 is 2.47 bits per heavy atom. The smallest absolute Gasteiger partial charge is 0.157 e. The summed E-state index contributed by atoms with van der Waals surface area (Å²) in [5.41, 5.74) is 0.870. The number of aromatic nitrogens is 3. The molecule has 1 unspecified atom stereocenters. The van der Waals surface area contributed by atoms with Gasteiger partial charge in [-0.25, -0.2) is 9.50 Å². The molecule has 0 aromatic carbocycles. The van der Waals surface area contributed by atoms with Crippen LogP contribution in [0.3, 0.4) is 0 Å². The highest BCUT2D eigenvalue weighted by atomic mass is 16.5. The molecule has 5 heteroatoms. The van der Waals surface area contributed by atoms with E-state index in [1.165, 1.54) is 12.8 Å². The highest BCUT2D eigenvalue weighted by Crippen LogP contribution is 2.14. The third kappa shape index (κ3) is 2.39. The van der Waals surface area contributed by atoms with Crippen LogP contribution < -0.4 is 5.32 Å². The molecule has 0 bridgehead atoms. The number of nitrogens with one attached hydrogen (secondary N) is 1. The van der Waals surface area contributed by atoms with Gasteiger partial charge in [0.15, 0.2) is 5.65 Å². The molecule has 90 valence electrons. The fraction of sp³-hybridized carbons (Fsp3) is 0.500. The first-order valence-electron chi connectivity index (χ1n) is 6.04. The van der Waals surface area contributed by atoms with Crippen molar-refractivity contribution in [1.82, 2.24) is 14.6 Å². The van der Waals surface area contributed by atoms with Crippen LogP contribution in [0, 0.1) is 5.92 Å². The molecule has 1 fully saturated rings. The number of nitrogens with zero attached hydrogens (tertiary/aromatic N) is 3. The molecular weight excluding hydrogens is 216 g/mol. The molecular formula is C12H16N4O. The molecule has 17 heavy (non-hydrogen) atoms. The van der Waals surface area contributed by atoms with Crippen LogP contribution in [0.4, 0.5) is 5.82 Å². The zero-order valence-corrected chi connectivity index (χ0v) is 9.67. The zero-order chi connectivity index (χ0) is 11.5.